The van der Waals surface area contributed by atoms with Crippen molar-refractivity contribution in [3.63, 3.8) is 0 Å². The van der Waals surface area contributed by atoms with E-state index in [1.165, 1.54) is 23.4 Å². The number of carbonyl (C=O) groups excluding carboxylic acids is 2. The maximum absolute atomic E-state index is 11.6. The molecule has 9 heteroatoms. The molecule has 34 heavy (non-hydrogen) atoms. The molecule has 192 valence electrons. The van der Waals surface area contributed by atoms with E-state index in [9.17, 15) is 14.4 Å². The molecule has 3 N–H and O–H groups in total. The van der Waals surface area contributed by atoms with Crippen molar-refractivity contribution in [3.8, 4) is 0 Å². The Bertz CT molecular complexity index is 781. The molecule has 1 atom stereocenters. The van der Waals surface area contributed by atoms with E-state index in [1.807, 2.05) is 20.8 Å². The first-order chi connectivity index (χ1) is 15.7. The van der Waals surface area contributed by atoms with Gasteiger partial charge in [0.1, 0.15) is 11.2 Å². The van der Waals surface area contributed by atoms with Crippen LogP contribution in [-0.4, -0.2) is 72.5 Å². The number of alkyl carbamates (subject to hydrolysis) is 1. The van der Waals surface area contributed by atoms with E-state index < -0.39 is 23.7 Å². The number of hydrogen-bond acceptors (Lipinski definition) is 5. The predicted octanol–water partition coefficient (Wildman–Crippen LogP) is 3.07. The number of hydrogen-bond donors (Lipinski definition) is 3. The van der Waals surface area contributed by atoms with Crippen LogP contribution >= 0.6 is 7.92 Å². The minimum absolute atomic E-state index is 0.0507. The Balaban J connectivity index is 0.000000342. The van der Waals surface area contributed by atoms with Gasteiger partial charge in [-0.05, 0) is 53.3 Å². The van der Waals surface area contributed by atoms with Crippen LogP contribution in [0.1, 0.15) is 60.1 Å². The summed E-state index contributed by atoms with van der Waals surface area (Å²) in [4.78, 5) is 35.7. The van der Waals surface area contributed by atoms with Gasteiger partial charge in [-0.3, -0.25) is 0 Å². The number of aliphatic carboxylic acids is 1. The van der Waals surface area contributed by atoms with Crippen molar-refractivity contribution in [2.45, 2.75) is 65.7 Å². The first-order valence-corrected chi connectivity index (χ1v) is 13.6. The summed E-state index contributed by atoms with van der Waals surface area (Å²) in [5.41, 5.74) is -0.512. The van der Waals surface area contributed by atoms with E-state index in [2.05, 4.69) is 12.2 Å². The van der Waals surface area contributed by atoms with Crippen LogP contribution < -0.4 is 10.2 Å². The molecule has 0 spiro atoms. The largest absolute Gasteiger partial charge is 0.479 e. The first-order valence-electron chi connectivity index (χ1n) is 11.7. The fraction of sp³-hybridized carbons (Fsp3) is 0.640. The van der Waals surface area contributed by atoms with E-state index in [0.717, 1.165) is 13.1 Å². The van der Waals surface area contributed by atoms with Crippen molar-refractivity contribution in [3.05, 3.63) is 35.9 Å². The lowest BCUT2D eigenvalue weighted by atomic mass is 10.1. The van der Waals surface area contributed by atoms with Gasteiger partial charge in [-0.15, -0.1) is 0 Å². The fourth-order valence-electron chi connectivity index (χ4n) is 3.30. The van der Waals surface area contributed by atoms with E-state index in [1.54, 1.807) is 51.1 Å². The molecule has 1 heterocycles. The zero-order valence-electron chi connectivity index (χ0n) is 21.6. The number of amides is 1. The van der Waals surface area contributed by atoms with E-state index in [0.29, 0.717) is 12.1 Å². The smallest absolute Gasteiger partial charge is 0.408 e. The Hall–Kier alpha value is -2.18. The number of carbonyl (C=O) groups is 3. The molecule has 1 fully saturated rings. The average molecular weight is 498 g/mol. The number of carboxylic acids is 1. The Kier molecular flexibility index (Phi) is 12.0. The van der Waals surface area contributed by atoms with Crippen LogP contribution in [0.2, 0.25) is 0 Å². The van der Waals surface area contributed by atoms with Gasteiger partial charge in [0.2, 0.25) is 0 Å². The SMILES string of the molecule is CC(C)(C)OC(=O)NC(C(=O)O)c1ccccc1.CCP1CC[NH+](CC(=O)OC(C)(C)C)CC1. The second-order valence-corrected chi connectivity index (χ2v) is 13.1. The molecular weight excluding hydrogens is 455 g/mol. The van der Waals surface area contributed by atoms with Gasteiger partial charge >= 0.3 is 18.0 Å². The normalized spacial score (nSPS) is 19.1. The first kappa shape index (κ1) is 29.9. The van der Waals surface area contributed by atoms with E-state index in [4.69, 9.17) is 14.6 Å². The zero-order valence-corrected chi connectivity index (χ0v) is 22.5. The standard InChI is InChI=1S/C13H17NO4.C12H24NO2P/c1-13(2,3)18-12(17)14-10(11(15)16)9-7-5-4-6-8-9;1-5-16-8-6-13(7-9-16)10-11(14)15-12(2,3)4/h4-8,10H,1-3H3,(H,14,17)(H,15,16);5-10H2,1-4H3/p+1. The monoisotopic (exact) mass is 497 g/mol. The third kappa shape index (κ3) is 12.9. The van der Waals surface area contributed by atoms with Crippen LogP contribution in [0.3, 0.4) is 0 Å². The Morgan fingerprint density at radius 2 is 1.53 bits per heavy atom. The lowest BCUT2D eigenvalue weighted by Crippen LogP contribution is -3.14. The second kappa shape index (κ2) is 13.6. The van der Waals surface area contributed by atoms with Crippen molar-refractivity contribution in [1.29, 1.82) is 0 Å². The number of carboxylic acid groups (broad SMARTS) is 1. The summed E-state index contributed by atoms with van der Waals surface area (Å²) in [6, 6.07) is 7.35. The molecule has 2 rings (SSSR count). The number of nitrogens with one attached hydrogen (secondary N) is 2. The van der Waals surface area contributed by atoms with Crippen molar-refractivity contribution in [2.75, 3.05) is 38.1 Å². The molecule has 1 saturated heterocycles. The van der Waals surface area contributed by atoms with Crippen LogP contribution in [0.15, 0.2) is 30.3 Å². The van der Waals surface area contributed by atoms with Gasteiger partial charge in [0.15, 0.2) is 12.6 Å². The number of rotatable bonds is 6. The maximum Gasteiger partial charge on any atom is 0.408 e. The Morgan fingerprint density at radius 1 is 1.00 bits per heavy atom. The fourth-order valence-corrected chi connectivity index (χ4v) is 5.42. The van der Waals surface area contributed by atoms with Crippen LogP contribution in [0.4, 0.5) is 4.79 Å². The minimum Gasteiger partial charge on any atom is -0.479 e. The molecule has 1 aliphatic heterocycles. The van der Waals surface area contributed by atoms with Crippen LogP contribution in [0.25, 0.3) is 0 Å². The predicted molar refractivity (Wildman–Crippen MR) is 135 cm³/mol. The molecule has 0 aromatic heterocycles. The van der Waals surface area contributed by atoms with Gasteiger partial charge in [-0.25, -0.2) is 14.4 Å². The molecule has 1 aromatic rings. The van der Waals surface area contributed by atoms with E-state index in [-0.39, 0.29) is 19.5 Å². The highest BCUT2D eigenvalue weighted by molar-refractivity contribution is 7.57. The van der Waals surface area contributed by atoms with E-state index >= 15 is 0 Å². The third-order valence-electron chi connectivity index (χ3n) is 4.87. The Labute approximate surface area is 205 Å². The number of benzene rings is 1. The van der Waals surface area contributed by atoms with Crippen LogP contribution in [0.5, 0.6) is 0 Å². The molecule has 8 nitrogen and oxygen atoms in total. The van der Waals surface area contributed by atoms with Crippen molar-refractivity contribution in [1.82, 2.24) is 5.32 Å². The van der Waals surface area contributed by atoms with Crippen molar-refractivity contribution < 1.29 is 33.9 Å². The molecule has 1 aromatic carbocycles. The summed E-state index contributed by atoms with van der Waals surface area (Å²) in [6.07, 6.45) is 3.24. The molecule has 0 aliphatic carbocycles. The third-order valence-corrected chi connectivity index (χ3v) is 7.47. The highest BCUT2D eigenvalue weighted by Crippen LogP contribution is 2.33. The van der Waals surface area contributed by atoms with Gasteiger partial charge in [0.05, 0.1) is 13.1 Å². The van der Waals surface area contributed by atoms with Crippen LogP contribution in [-0.2, 0) is 19.1 Å². The summed E-state index contributed by atoms with van der Waals surface area (Å²) in [5.74, 6) is -1.18. The van der Waals surface area contributed by atoms with Gasteiger partial charge in [0.25, 0.3) is 0 Å². The highest BCUT2D eigenvalue weighted by Gasteiger charge is 2.26. The van der Waals surface area contributed by atoms with Gasteiger partial charge < -0.3 is 24.8 Å². The summed E-state index contributed by atoms with van der Waals surface area (Å²) in [6.45, 7) is 16.0. The highest BCUT2D eigenvalue weighted by atomic mass is 31.1. The molecule has 0 saturated carbocycles. The molecule has 1 aliphatic rings. The lowest BCUT2D eigenvalue weighted by Gasteiger charge is -2.29. The second-order valence-electron chi connectivity index (χ2n) is 10.3. The minimum atomic E-state index is -1.13. The van der Waals surface area contributed by atoms with Gasteiger partial charge in [0, 0.05) is 12.3 Å². The summed E-state index contributed by atoms with van der Waals surface area (Å²) >= 11 is 0. The summed E-state index contributed by atoms with van der Waals surface area (Å²) in [5, 5.41) is 11.4. The van der Waals surface area contributed by atoms with Gasteiger partial charge in [-0.2, -0.15) is 0 Å². The Morgan fingerprint density at radius 3 is 1.97 bits per heavy atom. The molecule has 1 amide bonds. The molecular formula is C25H42N2O6P+. The van der Waals surface area contributed by atoms with Crippen LogP contribution in [0, 0.1) is 0 Å². The van der Waals surface area contributed by atoms with Crippen molar-refractivity contribution in [2.24, 2.45) is 0 Å². The topological polar surface area (TPSA) is 106 Å². The number of quaternary nitrogens is 1. The average Bonchev–Trinajstić information content (AvgIpc) is 2.71. The lowest BCUT2D eigenvalue weighted by molar-refractivity contribution is -0.889. The summed E-state index contributed by atoms with van der Waals surface area (Å²) < 4.78 is 10.4. The van der Waals surface area contributed by atoms with Crippen molar-refractivity contribution >= 4 is 26.0 Å². The number of ether oxygens (including phenoxy) is 2. The number of esters is 1. The zero-order chi connectivity index (χ0) is 25.9. The van der Waals surface area contributed by atoms with Gasteiger partial charge in [-0.1, -0.05) is 45.2 Å². The summed E-state index contributed by atoms with van der Waals surface area (Å²) in [7, 11) is 0.279. The molecule has 0 radical (unpaired) electrons. The maximum atomic E-state index is 11.6. The quantitative estimate of drug-likeness (QED) is 0.412. The molecule has 1 unspecified atom stereocenters. The molecule has 0 bridgehead atoms.